The van der Waals surface area contributed by atoms with Gasteiger partial charge >= 0.3 is 0 Å². The number of nitrogens with one attached hydrogen (secondary N) is 2. The average molecular weight is 494 g/mol. The van der Waals surface area contributed by atoms with Gasteiger partial charge in [-0.3, -0.25) is 14.1 Å². The Morgan fingerprint density at radius 2 is 2.09 bits per heavy atom. The number of benzene rings is 2. The van der Waals surface area contributed by atoms with Crippen LogP contribution in [0.15, 0.2) is 42.6 Å². The molecule has 2 fully saturated rings. The maximum Gasteiger partial charge on any atom is 0.251 e. The van der Waals surface area contributed by atoms with Gasteiger partial charge in [-0.15, -0.1) is 0 Å². The van der Waals surface area contributed by atoms with Gasteiger partial charge in [-0.2, -0.15) is 0 Å². The van der Waals surface area contributed by atoms with Gasteiger partial charge in [-0.1, -0.05) is 17.4 Å². The molecule has 0 spiro atoms. The number of rotatable bonds is 4. The Labute approximate surface area is 206 Å². The number of thiazole rings is 1. The second kappa shape index (κ2) is 9.31. The van der Waals surface area contributed by atoms with Crippen molar-refractivity contribution in [3.63, 3.8) is 0 Å². The van der Waals surface area contributed by atoms with Gasteiger partial charge in [0.25, 0.3) is 5.91 Å². The monoisotopic (exact) mass is 493 g/mol. The van der Waals surface area contributed by atoms with Crippen LogP contribution in [-0.2, 0) is 4.74 Å². The largest absolute Gasteiger partial charge is 0.381 e. The van der Waals surface area contributed by atoms with Gasteiger partial charge in [0, 0.05) is 62.3 Å². The summed E-state index contributed by atoms with van der Waals surface area (Å²) >= 11 is 1.50. The standard InChI is InChI=1S/C26H28FN5O2S/c1-31-9-8-28-14-23(31)16-2-4-19(20(27)12-16)21-15-32-22-5-3-17(13-24(22)35-26(32)30-21)25(33)29-18-6-10-34-11-7-18/h2-5,12-13,15,18,23,28H,6-11,14H2,1H3,(H,29,33). The summed E-state index contributed by atoms with van der Waals surface area (Å²) in [6, 6.07) is 11.5. The van der Waals surface area contributed by atoms with Gasteiger partial charge in [0.2, 0.25) is 0 Å². The van der Waals surface area contributed by atoms with E-state index in [9.17, 15) is 4.79 Å². The molecule has 182 valence electrons. The average Bonchev–Trinajstić information content (AvgIpc) is 3.42. The third kappa shape index (κ3) is 4.33. The van der Waals surface area contributed by atoms with Crippen molar-refractivity contribution in [2.45, 2.75) is 24.9 Å². The van der Waals surface area contributed by atoms with Crippen LogP contribution in [0.3, 0.4) is 0 Å². The number of hydrogen-bond donors (Lipinski definition) is 2. The van der Waals surface area contributed by atoms with Crippen molar-refractivity contribution < 1.29 is 13.9 Å². The number of piperazine rings is 1. The Kier molecular flexibility index (Phi) is 6.01. The van der Waals surface area contributed by atoms with Crippen LogP contribution in [-0.4, -0.2) is 66.1 Å². The summed E-state index contributed by atoms with van der Waals surface area (Å²) in [5, 5.41) is 6.49. The minimum Gasteiger partial charge on any atom is -0.381 e. The summed E-state index contributed by atoms with van der Waals surface area (Å²) in [5.74, 6) is -0.324. The minimum absolute atomic E-state index is 0.0634. The van der Waals surface area contributed by atoms with E-state index in [0.29, 0.717) is 30.0 Å². The predicted molar refractivity (Wildman–Crippen MR) is 136 cm³/mol. The van der Waals surface area contributed by atoms with Crippen LogP contribution in [0.4, 0.5) is 4.39 Å². The third-order valence-electron chi connectivity index (χ3n) is 7.08. The van der Waals surface area contributed by atoms with E-state index in [1.165, 1.54) is 11.3 Å². The molecule has 2 N–H and O–H groups in total. The number of ether oxygens (including phenoxy) is 1. The fraction of sp³-hybridized carbons (Fsp3) is 0.385. The van der Waals surface area contributed by atoms with Crippen molar-refractivity contribution in [1.82, 2.24) is 24.9 Å². The van der Waals surface area contributed by atoms with E-state index in [0.717, 1.165) is 53.2 Å². The first-order chi connectivity index (χ1) is 17.1. The van der Waals surface area contributed by atoms with E-state index >= 15 is 4.39 Å². The zero-order chi connectivity index (χ0) is 23.9. The number of carbonyl (C=O) groups excluding carboxylic acids is 1. The minimum atomic E-state index is -0.261. The molecule has 9 heteroatoms. The van der Waals surface area contributed by atoms with E-state index in [2.05, 4.69) is 22.6 Å². The number of aromatic nitrogens is 2. The number of halogens is 1. The molecule has 0 bridgehead atoms. The van der Waals surface area contributed by atoms with Gasteiger partial charge in [0.1, 0.15) is 5.82 Å². The van der Waals surface area contributed by atoms with E-state index in [4.69, 9.17) is 9.72 Å². The summed E-state index contributed by atoms with van der Waals surface area (Å²) in [6.07, 6.45) is 3.56. The first-order valence-corrected chi connectivity index (χ1v) is 12.9. The summed E-state index contributed by atoms with van der Waals surface area (Å²) in [6.45, 7) is 4.09. The second-order valence-corrected chi connectivity index (χ2v) is 10.4. The van der Waals surface area contributed by atoms with E-state index < -0.39 is 0 Å². The molecule has 4 heterocycles. The molecule has 1 unspecified atom stereocenters. The number of carbonyl (C=O) groups is 1. The number of likely N-dealkylation sites (N-methyl/N-ethyl adjacent to an activating group) is 1. The molecule has 6 rings (SSSR count). The zero-order valence-electron chi connectivity index (χ0n) is 19.6. The van der Waals surface area contributed by atoms with Crippen molar-refractivity contribution in [3.8, 4) is 11.3 Å². The highest BCUT2D eigenvalue weighted by atomic mass is 32.1. The van der Waals surface area contributed by atoms with Crippen molar-refractivity contribution >= 4 is 32.4 Å². The lowest BCUT2D eigenvalue weighted by Gasteiger charge is -2.33. The maximum absolute atomic E-state index is 15.2. The summed E-state index contributed by atoms with van der Waals surface area (Å²) in [4.78, 5) is 20.5. The number of amides is 1. The lowest BCUT2D eigenvalue weighted by atomic mass is 10.0. The van der Waals surface area contributed by atoms with E-state index in [1.807, 2.05) is 40.9 Å². The normalized spacial score (nSPS) is 20.0. The van der Waals surface area contributed by atoms with Crippen molar-refractivity contribution in [2.24, 2.45) is 0 Å². The highest BCUT2D eigenvalue weighted by Gasteiger charge is 2.23. The quantitative estimate of drug-likeness (QED) is 0.452. The number of nitrogens with zero attached hydrogens (tertiary/aromatic N) is 3. The lowest BCUT2D eigenvalue weighted by molar-refractivity contribution is 0.0696. The fourth-order valence-electron chi connectivity index (χ4n) is 5.01. The van der Waals surface area contributed by atoms with Gasteiger partial charge in [-0.25, -0.2) is 9.37 Å². The zero-order valence-corrected chi connectivity index (χ0v) is 20.4. The van der Waals surface area contributed by atoms with E-state index in [1.54, 1.807) is 6.07 Å². The third-order valence-corrected chi connectivity index (χ3v) is 8.10. The Morgan fingerprint density at radius 3 is 2.89 bits per heavy atom. The first-order valence-electron chi connectivity index (χ1n) is 12.1. The first kappa shape index (κ1) is 22.6. The van der Waals surface area contributed by atoms with Crippen LogP contribution >= 0.6 is 11.3 Å². The summed E-state index contributed by atoms with van der Waals surface area (Å²) in [7, 11) is 2.08. The van der Waals surface area contributed by atoms with Crippen molar-refractivity contribution in [1.29, 1.82) is 0 Å². The van der Waals surface area contributed by atoms with Gasteiger partial charge in [0.05, 0.1) is 15.9 Å². The Bertz CT molecular complexity index is 1390. The molecule has 2 saturated heterocycles. The predicted octanol–water partition coefficient (Wildman–Crippen LogP) is 3.84. The molecule has 0 aliphatic carbocycles. The Balaban J connectivity index is 1.26. The van der Waals surface area contributed by atoms with Crippen LogP contribution in [0, 0.1) is 5.82 Å². The molecule has 0 radical (unpaired) electrons. The molecular formula is C26H28FN5O2S. The van der Waals surface area contributed by atoms with Crippen LogP contribution < -0.4 is 10.6 Å². The SMILES string of the molecule is CN1CCNCC1c1ccc(-c2cn3c(n2)sc2cc(C(=O)NC4CCOCC4)ccc23)c(F)c1. The highest BCUT2D eigenvalue weighted by molar-refractivity contribution is 7.23. The molecular weight excluding hydrogens is 465 g/mol. The van der Waals surface area contributed by atoms with Crippen molar-refractivity contribution in [2.75, 3.05) is 39.9 Å². The van der Waals surface area contributed by atoms with Crippen LogP contribution in [0.5, 0.6) is 0 Å². The summed E-state index contributed by atoms with van der Waals surface area (Å²) in [5.41, 5.74) is 3.67. The van der Waals surface area contributed by atoms with E-state index in [-0.39, 0.29) is 23.8 Å². The Morgan fingerprint density at radius 1 is 1.23 bits per heavy atom. The molecule has 0 saturated carbocycles. The van der Waals surface area contributed by atoms with Gasteiger partial charge in [-0.05, 0) is 55.8 Å². The molecule has 2 aromatic carbocycles. The molecule has 2 aromatic heterocycles. The molecule has 7 nitrogen and oxygen atoms in total. The Hall–Kier alpha value is -2.85. The molecule has 1 amide bonds. The number of imidazole rings is 1. The maximum atomic E-state index is 15.2. The lowest BCUT2D eigenvalue weighted by Crippen LogP contribution is -2.43. The molecule has 4 aromatic rings. The number of hydrogen-bond acceptors (Lipinski definition) is 6. The van der Waals surface area contributed by atoms with Crippen LogP contribution in [0.2, 0.25) is 0 Å². The second-order valence-electron chi connectivity index (χ2n) is 9.36. The topological polar surface area (TPSA) is 70.9 Å². The van der Waals surface area contributed by atoms with Crippen LogP contribution in [0.25, 0.3) is 26.4 Å². The van der Waals surface area contributed by atoms with Crippen molar-refractivity contribution in [3.05, 3.63) is 59.5 Å². The van der Waals surface area contributed by atoms with Gasteiger partial charge in [0.15, 0.2) is 4.96 Å². The molecule has 1 atom stereocenters. The van der Waals surface area contributed by atoms with Crippen LogP contribution in [0.1, 0.15) is 34.8 Å². The molecule has 35 heavy (non-hydrogen) atoms. The molecule has 2 aliphatic heterocycles. The number of fused-ring (bicyclic) bond motifs is 3. The smallest absolute Gasteiger partial charge is 0.251 e. The highest BCUT2D eigenvalue weighted by Crippen LogP contribution is 2.32. The van der Waals surface area contributed by atoms with Gasteiger partial charge < -0.3 is 15.4 Å². The fourth-order valence-corrected chi connectivity index (χ4v) is 6.05. The molecule has 2 aliphatic rings. The summed E-state index contributed by atoms with van der Waals surface area (Å²) < 4.78 is 23.5.